The SMILES string of the molecule is CC1(C)CC(C(c2ccccc2)c2ccccc2)=C(c2ccccc2)OC1=O. The van der Waals surface area contributed by atoms with Gasteiger partial charge in [-0.25, -0.2) is 0 Å². The van der Waals surface area contributed by atoms with E-state index in [0.717, 1.165) is 11.1 Å². The van der Waals surface area contributed by atoms with Crippen molar-refractivity contribution in [3.63, 3.8) is 0 Å². The van der Waals surface area contributed by atoms with Gasteiger partial charge in [-0.2, -0.15) is 0 Å². The van der Waals surface area contributed by atoms with Gasteiger partial charge in [-0.05, 0) is 37.0 Å². The number of carbonyl (C=O) groups excluding carboxylic acids is 1. The van der Waals surface area contributed by atoms with Crippen molar-refractivity contribution in [1.82, 2.24) is 0 Å². The van der Waals surface area contributed by atoms with E-state index in [9.17, 15) is 4.79 Å². The Bertz CT molecular complexity index is 947. The first-order chi connectivity index (χ1) is 13.6. The predicted molar refractivity (Wildman–Crippen MR) is 113 cm³/mol. The Morgan fingerprint density at radius 3 is 1.71 bits per heavy atom. The summed E-state index contributed by atoms with van der Waals surface area (Å²) in [6.07, 6.45) is 0.657. The molecule has 4 rings (SSSR count). The molecule has 1 heterocycles. The maximum absolute atomic E-state index is 12.7. The van der Waals surface area contributed by atoms with Gasteiger partial charge in [0.05, 0.1) is 5.41 Å². The molecule has 2 heteroatoms. The Morgan fingerprint density at radius 1 is 0.750 bits per heavy atom. The second-order valence-corrected chi connectivity index (χ2v) is 7.92. The van der Waals surface area contributed by atoms with E-state index in [0.29, 0.717) is 12.2 Å². The molecule has 0 atom stereocenters. The smallest absolute Gasteiger partial charge is 0.317 e. The molecule has 0 radical (unpaired) electrons. The maximum atomic E-state index is 12.7. The third-order valence-corrected chi connectivity index (χ3v) is 5.32. The minimum atomic E-state index is -0.560. The van der Waals surface area contributed by atoms with Crippen LogP contribution in [0.2, 0.25) is 0 Å². The summed E-state index contributed by atoms with van der Waals surface area (Å²) in [6.45, 7) is 3.92. The van der Waals surface area contributed by atoms with Crippen LogP contribution in [0.1, 0.15) is 42.9 Å². The van der Waals surface area contributed by atoms with Gasteiger partial charge < -0.3 is 4.74 Å². The highest BCUT2D eigenvalue weighted by atomic mass is 16.5. The molecule has 0 aliphatic carbocycles. The molecule has 28 heavy (non-hydrogen) atoms. The summed E-state index contributed by atoms with van der Waals surface area (Å²) in [6, 6.07) is 30.9. The van der Waals surface area contributed by atoms with E-state index in [4.69, 9.17) is 4.74 Å². The largest absolute Gasteiger partial charge is 0.425 e. The first-order valence-corrected chi connectivity index (χ1v) is 9.67. The second kappa shape index (κ2) is 7.47. The molecule has 0 amide bonds. The van der Waals surface area contributed by atoms with Gasteiger partial charge in [-0.3, -0.25) is 4.79 Å². The van der Waals surface area contributed by atoms with Crippen molar-refractivity contribution in [1.29, 1.82) is 0 Å². The lowest BCUT2D eigenvalue weighted by molar-refractivity contribution is -0.147. The van der Waals surface area contributed by atoms with E-state index in [2.05, 4.69) is 48.5 Å². The molecule has 0 fully saturated rings. The number of allylic oxidation sites excluding steroid dienone is 1. The number of hydrogen-bond acceptors (Lipinski definition) is 2. The van der Waals surface area contributed by atoms with Crippen molar-refractivity contribution in [3.05, 3.63) is 113 Å². The molecule has 0 unspecified atom stereocenters. The molecule has 0 saturated heterocycles. The van der Waals surface area contributed by atoms with Crippen molar-refractivity contribution < 1.29 is 9.53 Å². The maximum Gasteiger partial charge on any atom is 0.317 e. The van der Waals surface area contributed by atoms with Gasteiger partial charge in [0.25, 0.3) is 0 Å². The summed E-state index contributed by atoms with van der Waals surface area (Å²) >= 11 is 0. The van der Waals surface area contributed by atoms with E-state index < -0.39 is 5.41 Å². The van der Waals surface area contributed by atoms with E-state index >= 15 is 0 Å². The fourth-order valence-corrected chi connectivity index (χ4v) is 3.88. The van der Waals surface area contributed by atoms with Gasteiger partial charge in [-0.15, -0.1) is 0 Å². The van der Waals surface area contributed by atoms with Crippen LogP contribution < -0.4 is 0 Å². The molecule has 3 aromatic rings. The summed E-state index contributed by atoms with van der Waals surface area (Å²) in [4.78, 5) is 12.7. The summed E-state index contributed by atoms with van der Waals surface area (Å²) < 4.78 is 5.96. The number of benzene rings is 3. The van der Waals surface area contributed by atoms with Crippen LogP contribution in [-0.4, -0.2) is 5.97 Å². The minimum Gasteiger partial charge on any atom is -0.425 e. The molecule has 0 N–H and O–H groups in total. The number of rotatable bonds is 4. The Morgan fingerprint density at radius 2 is 1.21 bits per heavy atom. The molecular formula is C26H24O2. The highest BCUT2D eigenvalue weighted by molar-refractivity contribution is 5.87. The third-order valence-electron chi connectivity index (χ3n) is 5.32. The van der Waals surface area contributed by atoms with Crippen molar-refractivity contribution in [3.8, 4) is 0 Å². The van der Waals surface area contributed by atoms with Crippen LogP contribution in [0, 0.1) is 5.41 Å². The Balaban J connectivity index is 1.96. The fourth-order valence-electron chi connectivity index (χ4n) is 3.88. The summed E-state index contributed by atoms with van der Waals surface area (Å²) in [5, 5.41) is 0. The van der Waals surface area contributed by atoms with Crippen LogP contribution in [-0.2, 0) is 9.53 Å². The molecule has 0 bridgehead atoms. The molecular weight excluding hydrogens is 344 g/mol. The normalized spacial score (nSPS) is 16.2. The van der Waals surface area contributed by atoms with Crippen LogP contribution in [0.5, 0.6) is 0 Å². The average molecular weight is 368 g/mol. The van der Waals surface area contributed by atoms with Crippen LogP contribution in [0.25, 0.3) is 5.76 Å². The van der Waals surface area contributed by atoms with Crippen LogP contribution >= 0.6 is 0 Å². The third kappa shape index (κ3) is 3.50. The van der Waals surface area contributed by atoms with Crippen molar-refractivity contribution >= 4 is 11.7 Å². The van der Waals surface area contributed by atoms with Crippen molar-refractivity contribution in [2.75, 3.05) is 0 Å². The number of cyclic esters (lactones) is 1. The van der Waals surface area contributed by atoms with Gasteiger partial charge in [0.2, 0.25) is 0 Å². The molecule has 0 saturated carbocycles. The average Bonchev–Trinajstić information content (AvgIpc) is 2.73. The van der Waals surface area contributed by atoms with Crippen LogP contribution in [0.15, 0.2) is 96.6 Å². The molecule has 1 aliphatic heterocycles. The second-order valence-electron chi connectivity index (χ2n) is 7.92. The van der Waals surface area contributed by atoms with Crippen LogP contribution in [0.4, 0.5) is 0 Å². The summed E-state index contributed by atoms with van der Waals surface area (Å²) in [5.74, 6) is 0.558. The molecule has 2 nitrogen and oxygen atoms in total. The summed E-state index contributed by atoms with van der Waals surface area (Å²) in [5.41, 5.74) is 3.93. The zero-order chi connectivity index (χ0) is 19.6. The zero-order valence-electron chi connectivity index (χ0n) is 16.3. The predicted octanol–water partition coefficient (Wildman–Crippen LogP) is 6.20. The van der Waals surface area contributed by atoms with E-state index in [1.165, 1.54) is 11.1 Å². The minimum absolute atomic E-state index is 0.0324. The molecule has 0 aromatic heterocycles. The number of carbonyl (C=O) groups is 1. The highest BCUT2D eigenvalue weighted by Crippen LogP contribution is 2.46. The molecule has 1 aliphatic rings. The first kappa shape index (κ1) is 18.2. The van der Waals surface area contributed by atoms with Gasteiger partial charge >= 0.3 is 5.97 Å². The van der Waals surface area contributed by atoms with E-state index in [-0.39, 0.29) is 11.9 Å². The Labute approximate surface area is 166 Å². The Kier molecular flexibility index (Phi) is 4.87. The first-order valence-electron chi connectivity index (χ1n) is 9.67. The fraction of sp³-hybridized carbons (Fsp3) is 0.192. The molecule has 0 spiro atoms. The number of ether oxygens (including phenoxy) is 1. The lowest BCUT2D eigenvalue weighted by Gasteiger charge is -2.35. The highest BCUT2D eigenvalue weighted by Gasteiger charge is 2.40. The number of esters is 1. The molecule has 140 valence electrons. The van der Waals surface area contributed by atoms with Crippen LogP contribution in [0.3, 0.4) is 0 Å². The summed E-state index contributed by atoms with van der Waals surface area (Å²) in [7, 11) is 0. The topological polar surface area (TPSA) is 26.3 Å². The van der Waals surface area contributed by atoms with Gasteiger partial charge in [0.1, 0.15) is 5.76 Å². The lowest BCUT2D eigenvalue weighted by atomic mass is 9.74. The van der Waals surface area contributed by atoms with E-state index in [1.807, 2.05) is 56.3 Å². The van der Waals surface area contributed by atoms with Gasteiger partial charge in [-0.1, -0.05) is 91.0 Å². The Hall–Kier alpha value is -3.13. The van der Waals surface area contributed by atoms with Crippen molar-refractivity contribution in [2.45, 2.75) is 26.2 Å². The van der Waals surface area contributed by atoms with Gasteiger partial charge in [0.15, 0.2) is 0 Å². The quantitative estimate of drug-likeness (QED) is 0.512. The van der Waals surface area contributed by atoms with Gasteiger partial charge in [0, 0.05) is 11.5 Å². The molecule has 3 aromatic carbocycles. The standard InChI is InChI=1S/C26H24O2/c1-26(2)18-22(24(28-25(26)27)21-16-10-5-11-17-21)23(19-12-6-3-7-13-19)20-14-8-4-9-15-20/h3-17,23H,18H2,1-2H3. The van der Waals surface area contributed by atoms with Crippen molar-refractivity contribution in [2.24, 2.45) is 5.41 Å². The lowest BCUT2D eigenvalue weighted by Crippen LogP contribution is -2.33. The zero-order valence-corrected chi connectivity index (χ0v) is 16.3. The number of hydrogen-bond donors (Lipinski definition) is 0. The van der Waals surface area contributed by atoms with E-state index in [1.54, 1.807) is 0 Å². The monoisotopic (exact) mass is 368 g/mol.